The van der Waals surface area contributed by atoms with E-state index in [0.717, 1.165) is 0 Å². The fourth-order valence-electron chi connectivity index (χ4n) is 2.69. The number of hydrogen-bond acceptors (Lipinski definition) is 4. The summed E-state index contributed by atoms with van der Waals surface area (Å²) in [6, 6.07) is -0.749. The second-order valence-electron chi connectivity index (χ2n) is 4.94. The zero-order chi connectivity index (χ0) is 15.4. The highest BCUT2D eigenvalue weighted by Crippen LogP contribution is 2.49. The largest absolute Gasteiger partial charge is 0.545 e. The first-order valence-corrected chi connectivity index (χ1v) is 6.16. The Bertz CT molecular complexity index is 630. The molecule has 3 rings (SSSR count). The number of fused-ring (bicyclic) bond motifs is 2. The van der Waals surface area contributed by atoms with E-state index in [0.29, 0.717) is 17.6 Å². The molecular formula is C13H9F3NO4-. The van der Waals surface area contributed by atoms with Crippen LogP contribution in [0.25, 0.3) is 0 Å². The molecule has 3 aliphatic rings. The molecule has 2 atom stereocenters. The van der Waals surface area contributed by atoms with Gasteiger partial charge in [-0.25, -0.2) is 0 Å². The monoisotopic (exact) mass is 300 g/mol. The predicted octanol–water partition coefficient (Wildman–Crippen LogP) is -0.0460. The standard InChI is InChI=1S/C13H10F3NO4/c14-13(15,16)12(20)17-9-7-4-21-10-5(8(7)9)2-1-3-6(10)11(18)19/h1,3,7,9H,2,4H2,(H,17,20)(H,18,19)/p-1. The van der Waals surface area contributed by atoms with Crippen LogP contribution in [-0.4, -0.2) is 30.7 Å². The third-order valence-corrected chi connectivity index (χ3v) is 3.67. The number of carboxylic acids is 1. The zero-order valence-electron chi connectivity index (χ0n) is 10.5. The Kier molecular flexibility index (Phi) is 2.86. The molecule has 0 aromatic rings. The molecule has 0 radical (unpaired) electrons. The summed E-state index contributed by atoms with van der Waals surface area (Å²) in [6.07, 6.45) is -1.67. The summed E-state index contributed by atoms with van der Waals surface area (Å²) in [7, 11) is 0. The smallest absolute Gasteiger partial charge is 0.471 e. The predicted molar refractivity (Wildman–Crippen MR) is 60.2 cm³/mol. The molecule has 8 heteroatoms. The van der Waals surface area contributed by atoms with Crippen LogP contribution in [0.15, 0.2) is 34.6 Å². The van der Waals surface area contributed by atoms with Crippen molar-refractivity contribution >= 4 is 11.9 Å². The number of carbonyl (C=O) groups excluding carboxylic acids is 2. The topological polar surface area (TPSA) is 78.5 Å². The van der Waals surface area contributed by atoms with Gasteiger partial charge in [0.25, 0.3) is 0 Å². The maximum atomic E-state index is 12.3. The maximum Gasteiger partial charge on any atom is 0.471 e. The summed E-state index contributed by atoms with van der Waals surface area (Å²) in [6.45, 7) is 0.0432. The highest BCUT2D eigenvalue weighted by atomic mass is 19.4. The Morgan fingerprint density at radius 2 is 2.10 bits per heavy atom. The lowest BCUT2D eigenvalue weighted by Crippen LogP contribution is -2.38. The van der Waals surface area contributed by atoms with E-state index >= 15 is 0 Å². The number of amides is 1. The SMILES string of the molecule is O=C([O-])C1=C2OCC3C(=C2CC=C1)C3NC(=O)C(F)(F)F. The zero-order valence-corrected chi connectivity index (χ0v) is 10.5. The van der Waals surface area contributed by atoms with Gasteiger partial charge in [0.15, 0.2) is 0 Å². The lowest BCUT2D eigenvalue weighted by Gasteiger charge is -2.22. The number of nitrogens with one attached hydrogen (secondary N) is 1. The number of allylic oxidation sites excluding steroid dienone is 2. The van der Waals surface area contributed by atoms with E-state index in [9.17, 15) is 27.9 Å². The molecule has 0 aromatic heterocycles. The van der Waals surface area contributed by atoms with Crippen molar-refractivity contribution in [3.8, 4) is 0 Å². The van der Waals surface area contributed by atoms with E-state index in [1.54, 1.807) is 6.08 Å². The Labute approximate surface area is 116 Å². The van der Waals surface area contributed by atoms with E-state index in [2.05, 4.69) is 0 Å². The van der Waals surface area contributed by atoms with Crippen LogP contribution in [0.5, 0.6) is 0 Å². The number of alkyl halides is 3. The fourth-order valence-corrected chi connectivity index (χ4v) is 2.69. The van der Waals surface area contributed by atoms with E-state index in [1.165, 1.54) is 6.08 Å². The molecular weight excluding hydrogens is 291 g/mol. The summed E-state index contributed by atoms with van der Waals surface area (Å²) >= 11 is 0. The molecule has 5 nitrogen and oxygen atoms in total. The Balaban J connectivity index is 1.88. The normalized spacial score (nSPS) is 26.8. The van der Waals surface area contributed by atoms with Crippen molar-refractivity contribution in [3.05, 3.63) is 34.6 Å². The van der Waals surface area contributed by atoms with Crippen LogP contribution in [0.1, 0.15) is 6.42 Å². The Hall–Kier alpha value is -2.25. The van der Waals surface area contributed by atoms with E-state index < -0.39 is 24.1 Å². The summed E-state index contributed by atoms with van der Waals surface area (Å²) in [5.74, 6) is -3.61. The number of ether oxygens (including phenoxy) is 1. The number of carboxylic acid groups (broad SMARTS) is 1. The molecule has 1 heterocycles. The highest BCUT2D eigenvalue weighted by molar-refractivity contribution is 5.91. The summed E-state index contributed by atoms with van der Waals surface area (Å²) < 4.78 is 42.1. The van der Waals surface area contributed by atoms with Gasteiger partial charge in [-0.3, -0.25) is 4.79 Å². The molecule has 0 spiro atoms. The lowest BCUT2D eigenvalue weighted by atomic mass is 9.97. The third-order valence-electron chi connectivity index (χ3n) is 3.67. The van der Waals surface area contributed by atoms with Crippen LogP contribution in [0, 0.1) is 5.92 Å². The van der Waals surface area contributed by atoms with Gasteiger partial charge in [-0.2, -0.15) is 13.2 Å². The third kappa shape index (κ3) is 2.20. The molecule has 2 aliphatic carbocycles. The molecule has 0 bridgehead atoms. The van der Waals surface area contributed by atoms with Crippen molar-refractivity contribution in [1.29, 1.82) is 0 Å². The van der Waals surface area contributed by atoms with Gasteiger partial charge in [0, 0.05) is 17.1 Å². The molecule has 21 heavy (non-hydrogen) atoms. The van der Waals surface area contributed by atoms with Gasteiger partial charge < -0.3 is 20.0 Å². The van der Waals surface area contributed by atoms with Gasteiger partial charge in [-0.15, -0.1) is 0 Å². The van der Waals surface area contributed by atoms with Crippen LogP contribution >= 0.6 is 0 Å². The van der Waals surface area contributed by atoms with Gasteiger partial charge in [0.05, 0.1) is 18.6 Å². The van der Waals surface area contributed by atoms with Crippen LogP contribution in [0.2, 0.25) is 0 Å². The molecule has 0 aromatic carbocycles. The van der Waals surface area contributed by atoms with Gasteiger partial charge in [-0.1, -0.05) is 12.2 Å². The first kappa shape index (κ1) is 13.7. The van der Waals surface area contributed by atoms with E-state index in [-0.39, 0.29) is 23.9 Å². The Morgan fingerprint density at radius 3 is 2.71 bits per heavy atom. The summed E-state index contributed by atoms with van der Waals surface area (Å²) in [5, 5.41) is 12.9. The number of carbonyl (C=O) groups is 2. The van der Waals surface area contributed by atoms with Gasteiger partial charge in [-0.05, 0) is 12.0 Å². The van der Waals surface area contributed by atoms with Crippen LogP contribution in [0.3, 0.4) is 0 Å². The number of rotatable bonds is 2. The minimum absolute atomic E-state index is 0.0432. The van der Waals surface area contributed by atoms with E-state index in [4.69, 9.17) is 4.74 Å². The number of hydrogen-bond donors (Lipinski definition) is 1. The van der Waals surface area contributed by atoms with Gasteiger partial charge >= 0.3 is 12.1 Å². The Morgan fingerprint density at radius 1 is 1.38 bits per heavy atom. The van der Waals surface area contributed by atoms with E-state index in [1.807, 2.05) is 5.32 Å². The highest BCUT2D eigenvalue weighted by Gasteiger charge is 2.54. The van der Waals surface area contributed by atoms with Crippen LogP contribution in [0.4, 0.5) is 13.2 Å². The van der Waals surface area contributed by atoms with Crippen molar-refractivity contribution < 1.29 is 32.6 Å². The second-order valence-corrected chi connectivity index (χ2v) is 4.94. The van der Waals surface area contributed by atoms with Crippen molar-refractivity contribution in [2.75, 3.05) is 6.61 Å². The van der Waals surface area contributed by atoms with Gasteiger partial charge in [0.1, 0.15) is 5.76 Å². The molecule has 1 fully saturated rings. The molecule has 112 valence electrons. The van der Waals surface area contributed by atoms with Crippen molar-refractivity contribution in [2.24, 2.45) is 5.92 Å². The van der Waals surface area contributed by atoms with Gasteiger partial charge in [0.2, 0.25) is 0 Å². The van der Waals surface area contributed by atoms with Crippen molar-refractivity contribution in [3.63, 3.8) is 0 Å². The van der Waals surface area contributed by atoms with Crippen molar-refractivity contribution in [1.82, 2.24) is 5.32 Å². The number of halogens is 3. The molecule has 1 saturated carbocycles. The maximum absolute atomic E-state index is 12.3. The molecule has 1 aliphatic heterocycles. The minimum Gasteiger partial charge on any atom is -0.545 e. The minimum atomic E-state index is -4.95. The first-order chi connectivity index (χ1) is 9.80. The summed E-state index contributed by atoms with van der Waals surface area (Å²) in [4.78, 5) is 21.9. The first-order valence-electron chi connectivity index (χ1n) is 6.16. The average Bonchev–Trinajstić information content (AvgIpc) is 3.10. The summed E-state index contributed by atoms with van der Waals surface area (Å²) in [5.41, 5.74) is 1.01. The lowest BCUT2D eigenvalue weighted by molar-refractivity contribution is -0.299. The quantitative estimate of drug-likeness (QED) is 0.776. The second kappa shape index (κ2) is 4.37. The molecule has 1 N–H and O–H groups in total. The number of aliphatic carboxylic acids is 1. The average molecular weight is 300 g/mol. The van der Waals surface area contributed by atoms with Crippen LogP contribution < -0.4 is 10.4 Å². The molecule has 1 amide bonds. The fraction of sp³-hybridized carbons (Fsp3) is 0.385. The van der Waals surface area contributed by atoms with Crippen molar-refractivity contribution in [2.45, 2.75) is 18.6 Å². The molecule has 2 unspecified atom stereocenters. The van der Waals surface area contributed by atoms with Crippen LogP contribution in [-0.2, 0) is 14.3 Å². The molecule has 0 saturated heterocycles.